The first-order valence-electron chi connectivity index (χ1n) is 7.10. The number of benzene rings is 1. The van der Waals surface area contributed by atoms with Crippen molar-refractivity contribution in [3.8, 4) is 5.75 Å². The highest BCUT2D eigenvalue weighted by molar-refractivity contribution is 9.10. The molecule has 0 spiro atoms. The van der Waals surface area contributed by atoms with Crippen molar-refractivity contribution in [3.63, 3.8) is 0 Å². The third-order valence-corrected chi connectivity index (χ3v) is 5.51. The van der Waals surface area contributed by atoms with Gasteiger partial charge in [-0.25, -0.2) is 0 Å². The molecule has 0 amide bonds. The van der Waals surface area contributed by atoms with Crippen LogP contribution >= 0.6 is 15.9 Å². The quantitative estimate of drug-likeness (QED) is 0.578. The van der Waals surface area contributed by atoms with Crippen LogP contribution in [0.4, 0.5) is 0 Å². The van der Waals surface area contributed by atoms with Crippen molar-refractivity contribution in [3.05, 3.63) is 28.2 Å². The number of ketones is 1. The third-order valence-electron chi connectivity index (χ3n) is 3.70. The summed E-state index contributed by atoms with van der Waals surface area (Å²) < 4.78 is 30.3. The standard InChI is InChI=1S/C15H19BrO4S/c1-11(17)14-9-13(16)7-8-15(14)20-21(18,19)10-12-5-3-2-4-6-12/h7-9,12H,2-6,10H2,1H3. The van der Waals surface area contributed by atoms with Gasteiger partial charge in [-0.2, -0.15) is 8.42 Å². The van der Waals surface area contributed by atoms with Gasteiger partial charge in [-0.1, -0.05) is 35.2 Å². The van der Waals surface area contributed by atoms with Crippen LogP contribution in [0.1, 0.15) is 49.4 Å². The van der Waals surface area contributed by atoms with Crippen LogP contribution in [0.2, 0.25) is 0 Å². The SMILES string of the molecule is CC(=O)c1cc(Br)ccc1OS(=O)(=O)CC1CCCCC1. The second-order valence-corrected chi connectivity index (χ2v) is 8.04. The molecule has 0 heterocycles. The minimum Gasteiger partial charge on any atom is -0.382 e. The van der Waals surface area contributed by atoms with Gasteiger partial charge in [-0.15, -0.1) is 0 Å². The zero-order valence-electron chi connectivity index (χ0n) is 12.0. The second kappa shape index (κ2) is 6.92. The van der Waals surface area contributed by atoms with E-state index in [1.54, 1.807) is 12.1 Å². The highest BCUT2D eigenvalue weighted by Crippen LogP contribution is 2.28. The van der Waals surface area contributed by atoms with Gasteiger partial charge in [0.2, 0.25) is 0 Å². The van der Waals surface area contributed by atoms with Crippen LogP contribution in [-0.2, 0) is 10.1 Å². The van der Waals surface area contributed by atoms with Gasteiger partial charge in [0.25, 0.3) is 0 Å². The summed E-state index contributed by atoms with van der Waals surface area (Å²) in [7, 11) is -3.67. The van der Waals surface area contributed by atoms with Gasteiger partial charge < -0.3 is 4.18 Å². The Balaban J connectivity index is 2.14. The van der Waals surface area contributed by atoms with Crippen molar-refractivity contribution in [1.29, 1.82) is 0 Å². The van der Waals surface area contributed by atoms with E-state index in [4.69, 9.17) is 4.18 Å². The summed E-state index contributed by atoms with van der Waals surface area (Å²) >= 11 is 3.27. The predicted octanol–water partition coefficient (Wildman–Crippen LogP) is 3.94. The van der Waals surface area contributed by atoms with E-state index in [1.807, 2.05) is 0 Å². The van der Waals surface area contributed by atoms with Gasteiger partial charge in [0.1, 0.15) is 0 Å². The highest BCUT2D eigenvalue weighted by atomic mass is 79.9. The van der Waals surface area contributed by atoms with Crippen LogP contribution in [0.5, 0.6) is 5.75 Å². The molecule has 116 valence electrons. The number of Topliss-reactive ketones (excluding diaryl/α,β-unsaturated/α-hetero) is 1. The molecular weight excluding hydrogens is 356 g/mol. The summed E-state index contributed by atoms with van der Waals surface area (Å²) in [5.74, 6) is 0.0843. The molecule has 1 fully saturated rings. The van der Waals surface area contributed by atoms with Gasteiger partial charge in [0.15, 0.2) is 11.5 Å². The lowest BCUT2D eigenvalue weighted by molar-refractivity contribution is 0.101. The van der Waals surface area contributed by atoms with E-state index < -0.39 is 10.1 Å². The van der Waals surface area contributed by atoms with Crippen LogP contribution in [0, 0.1) is 5.92 Å². The average molecular weight is 375 g/mol. The molecule has 1 aromatic rings. The van der Waals surface area contributed by atoms with Crippen LogP contribution in [0.3, 0.4) is 0 Å². The van der Waals surface area contributed by atoms with Gasteiger partial charge in [-0.3, -0.25) is 4.79 Å². The van der Waals surface area contributed by atoms with Crippen molar-refractivity contribution in [1.82, 2.24) is 0 Å². The van der Waals surface area contributed by atoms with Crippen molar-refractivity contribution in [2.75, 3.05) is 5.75 Å². The maximum atomic E-state index is 12.2. The maximum Gasteiger partial charge on any atom is 0.309 e. The Labute approximate surface area is 134 Å². The molecule has 1 saturated carbocycles. The zero-order valence-corrected chi connectivity index (χ0v) is 14.4. The Hall–Kier alpha value is -0.880. The monoisotopic (exact) mass is 374 g/mol. The topological polar surface area (TPSA) is 60.4 Å². The molecule has 1 aliphatic rings. The first-order chi connectivity index (χ1) is 9.87. The molecule has 0 atom stereocenters. The van der Waals surface area contributed by atoms with E-state index in [-0.39, 0.29) is 28.8 Å². The lowest BCUT2D eigenvalue weighted by Gasteiger charge is -2.21. The van der Waals surface area contributed by atoms with Gasteiger partial charge in [0, 0.05) is 4.47 Å². The molecule has 0 radical (unpaired) electrons. The number of hydrogen-bond acceptors (Lipinski definition) is 4. The summed E-state index contributed by atoms with van der Waals surface area (Å²) in [6, 6.07) is 4.75. The summed E-state index contributed by atoms with van der Waals surface area (Å²) in [5, 5.41) is 0. The lowest BCUT2D eigenvalue weighted by Crippen LogP contribution is -2.23. The maximum absolute atomic E-state index is 12.2. The average Bonchev–Trinajstić information content (AvgIpc) is 2.41. The van der Waals surface area contributed by atoms with Crippen LogP contribution in [-0.4, -0.2) is 20.0 Å². The van der Waals surface area contributed by atoms with Crippen LogP contribution in [0.15, 0.2) is 22.7 Å². The Morgan fingerprint density at radius 3 is 2.57 bits per heavy atom. The fraction of sp³-hybridized carbons (Fsp3) is 0.533. The Morgan fingerprint density at radius 2 is 1.95 bits per heavy atom. The Kier molecular flexibility index (Phi) is 5.43. The molecule has 0 bridgehead atoms. The molecule has 21 heavy (non-hydrogen) atoms. The molecule has 6 heteroatoms. The largest absolute Gasteiger partial charge is 0.382 e. The van der Waals surface area contributed by atoms with E-state index in [0.717, 1.165) is 25.7 Å². The number of carbonyl (C=O) groups is 1. The number of hydrogen-bond donors (Lipinski definition) is 0. The first kappa shape index (κ1) is 16.5. The second-order valence-electron chi connectivity index (χ2n) is 5.51. The molecular formula is C15H19BrO4S. The third kappa shape index (κ3) is 4.81. The highest BCUT2D eigenvalue weighted by Gasteiger charge is 2.24. The Morgan fingerprint density at radius 1 is 1.29 bits per heavy atom. The van der Waals surface area contributed by atoms with E-state index in [9.17, 15) is 13.2 Å². The molecule has 0 N–H and O–H groups in total. The smallest absolute Gasteiger partial charge is 0.309 e. The zero-order chi connectivity index (χ0) is 15.5. The first-order valence-corrected chi connectivity index (χ1v) is 9.47. The normalized spacial score (nSPS) is 16.7. The van der Waals surface area contributed by atoms with Crippen molar-refractivity contribution in [2.45, 2.75) is 39.0 Å². The van der Waals surface area contributed by atoms with Gasteiger partial charge >= 0.3 is 10.1 Å². The van der Waals surface area contributed by atoms with E-state index in [0.29, 0.717) is 4.47 Å². The fourth-order valence-corrected chi connectivity index (χ4v) is 4.42. The van der Waals surface area contributed by atoms with Crippen molar-refractivity contribution < 1.29 is 17.4 Å². The van der Waals surface area contributed by atoms with Gasteiger partial charge in [0.05, 0.1) is 11.3 Å². The summed E-state index contributed by atoms with van der Waals surface area (Å²) in [6.45, 7) is 1.39. The van der Waals surface area contributed by atoms with Crippen LogP contribution < -0.4 is 4.18 Å². The van der Waals surface area contributed by atoms with Gasteiger partial charge in [-0.05, 0) is 43.9 Å². The van der Waals surface area contributed by atoms with E-state index in [1.165, 1.54) is 19.4 Å². The minimum absolute atomic E-state index is 0.0282. The summed E-state index contributed by atoms with van der Waals surface area (Å²) in [6.07, 6.45) is 5.21. The molecule has 1 aliphatic carbocycles. The number of halogens is 1. The Bertz CT molecular complexity index is 619. The molecule has 0 aromatic heterocycles. The molecule has 1 aromatic carbocycles. The summed E-state index contributed by atoms with van der Waals surface area (Å²) in [5.41, 5.74) is 0.275. The molecule has 4 nitrogen and oxygen atoms in total. The van der Waals surface area contributed by atoms with E-state index in [2.05, 4.69) is 15.9 Å². The predicted molar refractivity (Wildman–Crippen MR) is 85.1 cm³/mol. The molecule has 0 unspecified atom stereocenters. The van der Waals surface area contributed by atoms with Crippen molar-refractivity contribution in [2.24, 2.45) is 5.92 Å². The number of rotatable bonds is 5. The van der Waals surface area contributed by atoms with Crippen LogP contribution in [0.25, 0.3) is 0 Å². The summed E-state index contributed by atoms with van der Waals surface area (Å²) in [4.78, 5) is 11.6. The minimum atomic E-state index is -3.67. The number of carbonyl (C=O) groups excluding carboxylic acids is 1. The fourth-order valence-electron chi connectivity index (χ4n) is 2.66. The molecule has 0 aliphatic heterocycles. The molecule has 2 rings (SSSR count). The molecule has 0 saturated heterocycles. The van der Waals surface area contributed by atoms with Crippen molar-refractivity contribution >= 4 is 31.8 Å². The van der Waals surface area contributed by atoms with E-state index >= 15 is 0 Å². The lowest BCUT2D eigenvalue weighted by atomic mass is 9.91.